The number of rotatable bonds is 27. The van der Waals surface area contributed by atoms with E-state index in [0.29, 0.717) is 50.4 Å². The molecule has 0 saturated carbocycles. The molecular formula is C31H58NO5P. The van der Waals surface area contributed by atoms with Gasteiger partial charge < -0.3 is 24.3 Å². The third-order valence-corrected chi connectivity index (χ3v) is 8.83. The predicted molar refractivity (Wildman–Crippen MR) is 162 cm³/mol. The van der Waals surface area contributed by atoms with Crippen molar-refractivity contribution in [1.82, 2.24) is 0 Å². The van der Waals surface area contributed by atoms with Crippen molar-refractivity contribution in [2.24, 2.45) is 0 Å². The van der Waals surface area contributed by atoms with E-state index in [1.54, 1.807) is 6.07 Å². The topological polar surface area (TPSA) is 80.0 Å². The quantitative estimate of drug-likeness (QED) is 0.0661. The maximum absolute atomic E-state index is 12.5. The Morgan fingerprint density at radius 1 is 0.579 bits per heavy atom. The summed E-state index contributed by atoms with van der Waals surface area (Å²) in [5.41, 5.74) is 6.64. The van der Waals surface area contributed by atoms with E-state index in [1.165, 1.54) is 96.3 Å². The van der Waals surface area contributed by atoms with Crippen molar-refractivity contribution in [2.45, 2.75) is 130 Å². The molecule has 0 fully saturated rings. The molecule has 1 rings (SSSR count). The van der Waals surface area contributed by atoms with E-state index in [9.17, 15) is 4.57 Å². The van der Waals surface area contributed by atoms with E-state index < -0.39 is 7.60 Å². The number of nitrogens with two attached hydrogens (primary N) is 1. The molecule has 7 heteroatoms. The number of benzene rings is 1. The Bertz CT molecular complexity index is 720. The summed E-state index contributed by atoms with van der Waals surface area (Å²) in [6.07, 6.45) is 22.6. The Morgan fingerprint density at radius 2 is 0.974 bits per heavy atom. The highest BCUT2D eigenvalue weighted by Gasteiger charge is 2.22. The molecule has 0 heterocycles. The molecule has 38 heavy (non-hydrogen) atoms. The smallest absolute Gasteiger partial charge is 0.330 e. The summed E-state index contributed by atoms with van der Waals surface area (Å²) in [6.45, 7) is 7.75. The van der Waals surface area contributed by atoms with Crippen LogP contribution in [0.3, 0.4) is 0 Å². The Hall–Kier alpha value is -1.23. The summed E-state index contributed by atoms with van der Waals surface area (Å²) in [5, 5.41) is 0. The molecule has 0 aliphatic carbocycles. The van der Waals surface area contributed by atoms with E-state index in [1.807, 2.05) is 26.0 Å². The molecule has 1 aromatic carbocycles. The van der Waals surface area contributed by atoms with Crippen molar-refractivity contribution in [3.63, 3.8) is 0 Å². The van der Waals surface area contributed by atoms with Crippen LogP contribution in [0, 0.1) is 0 Å². The molecular weight excluding hydrogens is 497 g/mol. The van der Waals surface area contributed by atoms with Gasteiger partial charge in [-0.2, -0.15) is 0 Å². The van der Waals surface area contributed by atoms with Crippen LogP contribution in [0.2, 0.25) is 0 Å². The van der Waals surface area contributed by atoms with Crippen molar-refractivity contribution < 1.29 is 23.1 Å². The first-order chi connectivity index (χ1) is 18.5. The lowest BCUT2D eigenvalue weighted by molar-refractivity contribution is 0.216. The molecule has 0 spiro atoms. The minimum atomic E-state index is -3.03. The van der Waals surface area contributed by atoms with Crippen LogP contribution in [0.25, 0.3) is 0 Å². The lowest BCUT2D eigenvalue weighted by Crippen LogP contribution is -2.05. The third-order valence-electron chi connectivity index (χ3n) is 6.67. The van der Waals surface area contributed by atoms with E-state index >= 15 is 0 Å². The van der Waals surface area contributed by atoms with E-state index in [4.69, 9.17) is 24.3 Å². The van der Waals surface area contributed by atoms with Gasteiger partial charge >= 0.3 is 7.60 Å². The lowest BCUT2D eigenvalue weighted by atomic mass is 10.0. The fraction of sp³-hybridized carbons (Fsp3) is 0.806. The number of unbranched alkanes of at least 4 members (excludes halogenated alkanes) is 15. The summed E-state index contributed by atoms with van der Waals surface area (Å²) >= 11 is 0. The molecule has 0 unspecified atom stereocenters. The zero-order valence-corrected chi connectivity index (χ0v) is 25.7. The highest BCUT2D eigenvalue weighted by Crippen LogP contribution is 2.48. The molecule has 0 atom stereocenters. The van der Waals surface area contributed by atoms with Gasteiger partial charge in [-0.15, -0.1) is 0 Å². The van der Waals surface area contributed by atoms with Gasteiger partial charge in [0.15, 0.2) is 0 Å². The first-order valence-electron chi connectivity index (χ1n) is 15.6. The zero-order valence-electron chi connectivity index (χ0n) is 24.9. The van der Waals surface area contributed by atoms with Crippen molar-refractivity contribution in [3.8, 4) is 11.5 Å². The third kappa shape index (κ3) is 18.9. The van der Waals surface area contributed by atoms with Gasteiger partial charge in [0.05, 0.1) is 32.6 Å². The Kier molecular flexibility index (Phi) is 21.6. The Labute approximate surface area is 234 Å². The van der Waals surface area contributed by atoms with Crippen molar-refractivity contribution >= 4 is 13.3 Å². The second-order valence-electron chi connectivity index (χ2n) is 10.3. The van der Waals surface area contributed by atoms with E-state index in [0.717, 1.165) is 12.2 Å². The monoisotopic (exact) mass is 555 g/mol. The Morgan fingerprint density at radius 3 is 1.39 bits per heavy atom. The highest BCUT2D eigenvalue weighted by atomic mass is 31.2. The van der Waals surface area contributed by atoms with E-state index in [2.05, 4.69) is 6.92 Å². The van der Waals surface area contributed by atoms with Crippen LogP contribution in [0.1, 0.15) is 130 Å². The second-order valence-corrected chi connectivity index (χ2v) is 12.4. The van der Waals surface area contributed by atoms with Gasteiger partial charge in [-0.3, -0.25) is 4.57 Å². The minimum absolute atomic E-state index is 0.333. The van der Waals surface area contributed by atoms with Crippen LogP contribution in [-0.4, -0.2) is 32.6 Å². The first kappa shape index (κ1) is 34.8. The maximum Gasteiger partial charge on any atom is 0.330 e. The molecule has 0 saturated heterocycles. The van der Waals surface area contributed by atoms with Crippen LogP contribution >= 0.6 is 7.60 Å². The molecule has 222 valence electrons. The number of anilines is 1. The maximum atomic E-state index is 12.5. The molecule has 0 amide bonds. The normalized spacial score (nSPS) is 11.7. The van der Waals surface area contributed by atoms with Gasteiger partial charge in [0.1, 0.15) is 11.5 Å². The van der Waals surface area contributed by atoms with Crippen molar-refractivity contribution in [2.75, 3.05) is 38.3 Å². The van der Waals surface area contributed by atoms with Crippen LogP contribution in [-0.2, 0) is 13.6 Å². The van der Waals surface area contributed by atoms with Crippen molar-refractivity contribution in [1.29, 1.82) is 0 Å². The van der Waals surface area contributed by atoms with Crippen LogP contribution in [0.5, 0.6) is 11.5 Å². The second kappa shape index (κ2) is 23.6. The SMILES string of the molecule is CCCCCCCCCCCCCCCCCCOc1cc(N)cc(OCCCP(=O)(OCC)OCC)c1. The molecule has 0 bridgehead atoms. The standard InChI is InChI=1S/C31H58NO5P/c1-4-7-8-9-10-11-12-13-14-15-16-17-18-19-20-21-23-34-30-26-29(32)27-31(28-30)35-24-22-25-38(33,36-5-2)37-6-3/h26-28H,4-25,32H2,1-3H3. The summed E-state index contributed by atoms with van der Waals surface area (Å²) in [5.74, 6) is 1.39. The molecule has 0 aliphatic rings. The fourth-order valence-corrected chi connectivity index (χ4v) is 6.24. The molecule has 6 nitrogen and oxygen atoms in total. The lowest BCUT2D eigenvalue weighted by Gasteiger charge is -2.17. The van der Waals surface area contributed by atoms with Crippen molar-refractivity contribution in [3.05, 3.63) is 18.2 Å². The summed E-state index contributed by atoms with van der Waals surface area (Å²) in [7, 11) is -3.03. The zero-order chi connectivity index (χ0) is 27.7. The fourth-order valence-electron chi connectivity index (χ4n) is 4.61. The highest BCUT2D eigenvalue weighted by molar-refractivity contribution is 7.53. The van der Waals surface area contributed by atoms with Gasteiger partial charge in [-0.05, 0) is 26.7 Å². The van der Waals surface area contributed by atoms with Gasteiger partial charge in [-0.25, -0.2) is 0 Å². The molecule has 0 aromatic heterocycles. The van der Waals surface area contributed by atoms with Crippen LogP contribution in [0.15, 0.2) is 18.2 Å². The van der Waals surface area contributed by atoms with Crippen LogP contribution in [0.4, 0.5) is 5.69 Å². The largest absolute Gasteiger partial charge is 0.493 e. The van der Waals surface area contributed by atoms with Gasteiger partial charge in [0.25, 0.3) is 0 Å². The van der Waals surface area contributed by atoms with Gasteiger partial charge in [0, 0.05) is 23.9 Å². The average Bonchev–Trinajstić information content (AvgIpc) is 2.88. The summed E-state index contributed by atoms with van der Waals surface area (Å²) in [6, 6.07) is 5.48. The summed E-state index contributed by atoms with van der Waals surface area (Å²) in [4.78, 5) is 0. The average molecular weight is 556 g/mol. The minimum Gasteiger partial charge on any atom is -0.493 e. The van der Waals surface area contributed by atoms with Gasteiger partial charge in [0.2, 0.25) is 0 Å². The number of hydrogen-bond acceptors (Lipinski definition) is 6. The molecule has 1 aromatic rings. The number of ether oxygens (including phenoxy) is 2. The molecule has 0 aliphatic heterocycles. The summed E-state index contributed by atoms with van der Waals surface area (Å²) < 4.78 is 34.9. The van der Waals surface area contributed by atoms with Gasteiger partial charge in [-0.1, -0.05) is 103 Å². The van der Waals surface area contributed by atoms with Crippen LogP contribution < -0.4 is 15.2 Å². The number of nitrogen functional groups attached to an aromatic ring is 1. The molecule has 0 radical (unpaired) electrons. The predicted octanol–water partition coefficient (Wildman–Crippen LogP) is 9.94. The van der Waals surface area contributed by atoms with E-state index in [-0.39, 0.29) is 0 Å². The first-order valence-corrected chi connectivity index (χ1v) is 17.3. The molecule has 2 N–H and O–H groups in total. The number of hydrogen-bond donors (Lipinski definition) is 1. The Balaban J connectivity index is 2.05.